The van der Waals surface area contributed by atoms with Crippen molar-refractivity contribution in [2.24, 2.45) is 0 Å². The van der Waals surface area contributed by atoms with Crippen LogP contribution in [-0.2, 0) is 0 Å². The Morgan fingerprint density at radius 2 is 1.57 bits per heavy atom. The highest BCUT2D eigenvalue weighted by Gasteiger charge is 2.28. The smallest absolute Gasteiger partial charge is 0.344 e. The third-order valence-corrected chi connectivity index (χ3v) is 6.91. The second-order valence-corrected chi connectivity index (χ2v) is 8.66. The molecule has 3 aromatic rings. The lowest BCUT2D eigenvalue weighted by molar-refractivity contribution is 0.442. The lowest BCUT2D eigenvalue weighted by Gasteiger charge is -2.26. The quantitative estimate of drug-likeness (QED) is 0.564. The number of hydrogen-bond donors (Lipinski definition) is 1. The van der Waals surface area contributed by atoms with E-state index in [2.05, 4.69) is 0 Å². The molecule has 144 valence electrons. The van der Waals surface area contributed by atoms with Gasteiger partial charge in [0.15, 0.2) is 0 Å². The van der Waals surface area contributed by atoms with Crippen LogP contribution < -0.4 is 5.63 Å². The van der Waals surface area contributed by atoms with Crippen molar-refractivity contribution >= 4 is 11.8 Å². The fraction of sp³-hybridized carbons (Fsp3) is 0.292. The van der Waals surface area contributed by atoms with Gasteiger partial charge in [0.2, 0.25) is 0 Å². The number of thioether (sulfide) groups is 1. The molecule has 4 heteroatoms. The summed E-state index contributed by atoms with van der Waals surface area (Å²) in [5.41, 5.74) is 1.68. The van der Waals surface area contributed by atoms with Crippen molar-refractivity contribution in [3.05, 3.63) is 88.3 Å². The maximum absolute atomic E-state index is 13.0. The van der Waals surface area contributed by atoms with Crippen LogP contribution in [0.25, 0.3) is 11.3 Å². The highest BCUT2D eigenvalue weighted by atomic mass is 32.2. The average molecular weight is 393 g/mol. The van der Waals surface area contributed by atoms with Crippen LogP contribution in [0, 0.1) is 0 Å². The van der Waals surface area contributed by atoms with E-state index in [1.807, 2.05) is 60.7 Å². The Morgan fingerprint density at radius 1 is 0.929 bits per heavy atom. The molecule has 1 saturated carbocycles. The Balaban J connectivity index is 1.74. The molecule has 28 heavy (non-hydrogen) atoms. The van der Waals surface area contributed by atoms with Crippen LogP contribution in [-0.4, -0.2) is 10.4 Å². The zero-order chi connectivity index (χ0) is 19.3. The summed E-state index contributed by atoms with van der Waals surface area (Å²) in [4.78, 5) is 13.0. The molecule has 0 unspecified atom stereocenters. The monoisotopic (exact) mass is 392 g/mol. The Kier molecular flexibility index (Phi) is 5.87. The van der Waals surface area contributed by atoms with Gasteiger partial charge >= 0.3 is 5.63 Å². The van der Waals surface area contributed by atoms with E-state index in [1.54, 1.807) is 17.8 Å². The van der Waals surface area contributed by atoms with Gasteiger partial charge in [-0.15, -0.1) is 11.8 Å². The second-order valence-electron chi connectivity index (χ2n) is 7.25. The molecule has 0 spiro atoms. The number of rotatable bonds is 5. The summed E-state index contributed by atoms with van der Waals surface area (Å²) in [6, 6.07) is 20.9. The SMILES string of the molecule is O=c1oc(-c2ccccc2)cc(O)c1[C@@H](SC1CCCCC1)c1ccccc1. The predicted octanol–water partition coefficient (Wildman–Crippen LogP) is 6.17. The lowest BCUT2D eigenvalue weighted by atomic mass is 10.0. The maximum atomic E-state index is 13.0. The van der Waals surface area contributed by atoms with Crippen molar-refractivity contribution in [1.82, 2.24) is 0 Å². The van der Waals surface area contributed by atoms with Gasteiger partial charge in [0.1, 0.15) is 11.5 Å². The van der Waals surface area contributed by atoms with E-state index in [1.165, 1.54) is 19.3 Å². The van der Waals surface area contributed by atoms with Gasteiger partial charge in [-0.3, -0.25) is 0 Å². The summed E-state index contributed by atoms with van der Waals surface area (Å²) >= 11 is 1.78. The molecule has 1 fully saturated rings. The second kappa shape index (κ2) is 8.70. The molecule has 0 amide bonds. The molecule has 4 rings (SSSR count). The largest absolute Gasteiger partial charge is 0.507 e. The zero-order valence-corrected chi connectivity index (χ0v) is 16.5. The van der Waals surface area contributed by atoms with Crippen molar-refractivity contribution in [1.29, 1.82) is 0 Å². The van der Waals surface area contributed by atoms with Crippen molar-refractivity contribution in [3.8, 4) is 17.1 Å². The molecule has 1 aliphatic carbocycles. The molecule has 1 aromatic heterocycles. The minimum Gasteiger partial charge on any atom is -0.507 e. The maximum Gasteiger partial charge on any atom is 0.344 e. The van der Waals surface area contributed by atoms with Crippen molar-refractivity contribution < 1.29 is 9.52 Å². The van der Waals surface area contributed by atoms with Crippen molar-refractivity contribution in [2.45, 2.75) is 42.6 Å². The molecule has 0 bridgehead atoms. The third-order valence-electron chi connectivity index (χ3n) is 5.27. The van der Waals surface area contributed by atoms with Gasteiger partial charge in [-0.25, -0.2) is 4.79 Å². The molecule has 0 aliphatic heterocycles. The summed E-state index contributed by atoms with van der Waals surface area (Å²) < 4.78 is 5.64. The lowest BCUT2D eigenvalue weighted by Crippen LogP contribution is -2.17. The summed E-state index contributed by atoms with van der Waals surface area (Å²) in [6.07, 6.45) is 6.05. The first kappa shape index (κ1) is 18.9. The van der Waals surface area contributed by atoms with Crippen LogP contribution in [0.5, 0.6) is 5.75 Å². The number of hydrogen-bond acceptors (Lipinski definition) is 4. The van der Waals surface area contributed by atoms with E-state index >= 15 is 0 Å². The topological polar surface area (TPSA) is 50.4 Å². The highest BCUT2D eigenvalue weighted by Crippen LogP contribution is 2.44. The predicted molar refractivity (Wildman–Crippen MR) is 115 cm³/mol. The standard InChI is InChI=1S/C24H24O3S/c25-20-16-21(17-10-4-1-5-11-17)27-24(26)22(20)23(18-12-6-2-7-13-18)28-19-14-8-3-9-15-19/h1-2,4-7,10-13,16,19,23,25H,3,8-9,14-15H2/t23-/m0/s1. The van der Waals surface area contributed by atoms with Gasteiger partial charge in [0.05, 0.1) is 10.8 Å². The summed E-state index contributed by atoms with van der Waals surface area (Å²) in [6.45, 7) is 0. The van der Waals surface area contributed by atoms with Gasteiger partial charge in [-0.2, -0.15) is 0 Å². The summed E-state index contributed by atoms with van der Waals surface area (Å²) in [5, 5.41) is 11.1. The molecule has 1 heterocycles. The molecule has 1 atom stereocenters. The Hall–Kier alpha value is -2.46. The summed E-state index contributed by atoms with van der Waals surface area (Å²) in [7, 11) is 0. The van der Waals surface area contributed by atoms with E-state index in [0.29, 0.717) is 16.6 Å². The van der Waals surface area contributed by atoms with Gasteiger partial charge in [0.25, 0.3) is 0 Å². The van der Waals surface area contributed by atoms with Gasteiger partial charge < -0.3 is 9.52 Å². The van der Waals surface area contributed by atoms with Crippen LogP contribution >= 0.6 is 11.8 Å². The first-order chi connectivity index (χ1) is 13.7. The normalized spacial score (nSPS) is 16.0. The highest BCUT2D eigenvalue weighted by molar-refractivity contribution is 8.00. The zero-order valence-electron chi connectivity index (χ0n) is 15.7. The molecular formula is C24H24O3S. The van der Waals surface area contributed by atoms with Crippen LogP contribution in [0.3, 0.4) is 0 Å². The van der Waals surface area contributed by atoms with E-state index in [0.717, 1.165) is 24.0 Å². The molecule has 3 nitrogen and oxygen atoms in total. The fourth-order valence-corrected chi connectivity index (χ4v) is 5.47. The van der Waals surface area contributed by atoms with Gasteiger partial charge in [-0.1, -0.05) is 79.9 Å². The molecule has 0 radical (unpaired) electrons. The van der Waals surface area contributed by atoms with Crippen LogP contribution in [0.4, 0.5) is 0 Å². The first-order valence-electron chi connectivity index (χ1n) is 9.85. The fourth-order valence-electron chi connectivity index (χ4n) is 3.81. The van der Waals surface area contributed by atoms with E-state index in [-0.39, 0.29) is 11.0 Å². The van der Waals surface area contributed by atoms with Crippen LogP contribution in [0.1, 0.15) is 48.5 Å². The van der Waals surface area contributed by atoms with Gasteiger partial charge in [0, 0.05) is 16.9 Å². The van der Waals surface area contributed by atoms with E-state index in [4.69, 9.17) is 4.42 Å². The number of benzene rings is 2. The average Bonchev–Trinajstić information content (AvgIpc) is 2.74. The van der Waals surface area contributed by atoms with Crippen molar-refractivity contribution in [3.63, 3.8) is 0 Å². The summed E-state index contributed by atoms with van der Waals surface area (Å²) in [5.74, 6) is 0.397. The Bertz CT molecular complexity index is 960. The first-order valence-corrected chi connectivity index (χ1v) is 10.8. The minimum atomic E-state index is -0.462. The number of aromatic hydroxyl groups is 1. The Morgan fingerprint density at radius 3 is 2.21 bits per heavy atom. The molecular weight excluding hydrogens is 368 g/mol. The molecule has 0 saturated heterocycles. The van der Waals surface area contributed by atoms with E-state index < -0.39 is 5.63 Å². The van der Waals surface area contributed by atoms with Gasteiger partial charge in [-0.05, 0) is 18.4 Å². The Labute approximate surface area is 169 Å². The third kappa shape index (κ3) is 4.17. The molecule has 2 aromatic carbocycles. The van der Waals surface area contributed by atoms with E-state index in [9.17, 15) is 9.90 Å². The molecule has 1 N–H and O–H groups in total. The van der Waals surface area contributed by atoms with Crippen molar-refractivity contribution in [2.75, 3.05) is 0 Å². The molecule has 1 aliphatic rings. The van der Waals surface area contributed by atoms with Crippen LogP contribution in [0.2, 0.25) is 0 Å². The minimum absolute atomic E-state index is 0.00673. The van der Waals surface area contributed by atoms with Crippen LogP contribution in [0.15, 0.2) is 75.9 Å².